The van der Waals surface area contributed by atoms with Crippen LogP contribution in [0.15, 0.2) is 85.1 Å². The first-order valence-corrected chi connectivity index (χ1v) is 17.8. The highest BCUT2D eigenvalue weighted by molar-refractivity contribution is 5.76. The van der Waals surface area contributed by atoms with Gasteiger partial charge in [0.2, 0.25) is 5.91 Å². The molecule has 0 aliphatic rings. The van der Waals surface area contributed by atoms with E-state index in [4.69, 9.17) is 0 Å². The molecule has 0 spiro atoms. The maximum Gasteiger partial charge on any atom is 0.220 e. The zero-order chi connectivity index (χ0) is 32.2. The van der Waals surface area contributed by atoms with E-state index in [0.717, 1.165) is 77.0 Å². The van der Waals surface area contributed by atoms with E-state index in [9.17, 15) is 15.0 Å². The van der Waals surface area contributed by atoms with E-state index in [1.54, 1.807) is 6.08 Å². The van der Waals surface area contributed by atoms with Crippen molar-refractivity contribution in [1.29, 1.82) is 0 Å². The summed E-state index contributed by atoms with van der Waals surface area (Å²) in [6, 6.07) is -0.643. The Labute approximate surface area is 271 Å². The van der Waals surface area contributed by atoms with Gasteiger partial charge in [-0.1, -0.05) is 150 Å². The van der Waals surface area contributed by atoms with Crippen LogP contribution in [-0.4, -0.2) is 34.9 Å². The fourth-order valence-electron chi connectivity index (χ4n) is 4.64. The summed E-state index contributed by atoms with van der Waals surface area (Å²) in [5.74, 6) is -0.0912. The van der Waals surface area contributed by atoms with E-state index in [1.807, 2.05) is 6.08 Å². The van der Waals surface area contributed by atoms with Crippen LogP contribution in [-0.2, 0) is 4.79 Å². The predicted molar refractivity (Wildman–Crippen MR) is 193 cm³/mol. The van der Waals surface area contributed by atoms with Gasteiger partial charge in [-0.25, -0.2) is 0 Å². The van der Waals surface area contributed by atoms with Crippen molar-refractivity contribution in [3.63, 3.8) is 0 Å². The second kappa shape index (κ2) is 35.1. The van der Waals surface area contributed by atoms with Crippen molar-refractivity contribution in [1.82, 2.24) is 5.32 Å². The van der Waals surface area contributed by atoms with E-state index < -0.39 is 12.1 Å². The number of carbonyl (C=O) groups is 1. The third-order valence-electron chi connectivity index (χ3n) is 7.34. The molecule has 4 heteroatoms. The molecule has 0 aliphatic carbocycles. The maximum atomic E-state index is 12.2. The van der Waals surface area contributed by atoms with Crippen LogP contribution in [0.1, 0.15) is 142 Å². The Kier molecular flexibility index (Phi) is 33.1. The Morgan fingerprint density at radius 1 is 0.568 bits per heavy atom. The smallest absolute Gasteiger partial charge is 0.220 e. The molecule has 0 rings (SSSR count). The molecule has 0 radical (unpaired) electrons. The summed E-state index contributed by atoms with van der Waals surface area (Å²) < 4.78 is 0. The molecule has 0 aromatic rings. The highest BCUT2D eigenvalue weighted by Crippen LogP contribution is 2.12. The highest BCUT2D eigenvalue weighted by Gasteiger charge is 2.17. The Balaban J connectivity index is 3.62. The Bertz CT molecular complexity index is 834. The van der Waals surface area contributed by atoms with Gasteiger partial charge >= 0.3 is 0 Å². The van der Waals surface area contributed by atoms with Crippen molar-refractivity contribution >= 4 is 5.91 Å². The van der Waals surface area contributed by atoms with E-state index in [0.29, 0.717) is 6.42 Å². The summed E-state index contributed by atoms with van der Waals surface area (Å²) in [7, 11) is 0. The fraction of sp³-hybridized carbons (Fsp3) is 0.625. The summed E-state index contributed by atoms with van der Waals surface area (Å²) in [5, 5.41) is 22.6. The average molecular weight is 610 g/mol. The van der Waals surface area contributed by atoms with Gasteiger partial charge in [-0.05, 0) is 70.6 Å². The molecule has 4 nitrogen and oxygen atoms in total. The lowest BCUT2D eigenvalue weighted by Gasteiger charge is -2.19. The SMILES string of the molecule is CC/C=C\C/C=C\C/C=C\C/C=C\C/C=C\CCCCCCCCCCCC(=O)NC(CO)C(O)/C=C/CC/C=C/CCC. The van der Waals surface area contributed by atoms with Crippen LogP contribution in [0.4, 0.5) is 0 Å². The van der Waals surface area contributed by atoms with Crippen LogP contribution in [0.25, 0.3) is 0 Å². The number of amides is 1. The first-order chi connectivity index (χ1) is 21.7. The molecule has 0 fully saturated rings. The molecule has 250 valence electrons. The fourth-order valence-corrected chi connectivity index (χ4v) is 4.64. The van der Waals surface area contributed by atoms with E-state index in [1.165, 1.54) is 44.9 Å². The molecular weight excluding hydrogens is 542 g/mol. The first kappa shape index (κ1) is 41.6. The molecule has 3 N–H and O–H groups in total. The van der Waals surface area contributed by atoms with E-state index >= 15 is 0 Å². The van der Waals surface area contributed by atoms with E-state index in [-0.39, 0.29) is 12.5 Å². The number of unbranched alkanes of at least 4 members (excludes halogenated alkanes) is 11. The van der Waals surface area contributed by atoms with Crippen molar-refractivity contribution in [2.24, 2.45) is 0 Å². The lowest BCUT2D eigenvalue weighted by molar-refractivity contribution is -0.123. The number of allylic oxidation sites excluding steroid dienone is 13. The van der Waals surface area contributed by atoms with Gasteiger partial charge in [0.15, 0.2) is 0 Å². The molecule has 2 unspecified atom stereocenters. The topological polar surface area (TPSA) is 69.6 Å². The van der Waals surface area contributed by atoms with Gasteiger partial charge < -0.3 is 15.5 Å². The summed E-state index contributed by atoms with van der Waals surface area (Å²) >= 11 is 0. The lowest BCUT2D eigenvalue weighted by atomic mass is 10.1. The van der Waals surface area contributed by atoms with Crippen LogP contribution in [0.3, 0.4) is 0 Å². The quantitative estimate of drug-likeness (QED) is 0.0560. The van der Waals surface area contributed by atoms with Crippen LogP contribution in [0.5, 0.6) is 0 Å². The second-order valence-corrected chi connectivity index (χ2v) is 11.5. The minimum Gasteiger partial charge on any atom is -0.394 e. The summed E-state index contributed by atoms with van der Waals surface area (Å²) in [6.45, 7) is 4.05. The van der Waals surface area contributed by atoms with Crippen molar-refractivity contribution in [2.75, 3.05) is 6.61 Å². The number of aliphatic hydroxyl groups excluding tert-OH is 2. The zero-order valence-corrected chi connectivity index (χ0v) is 28.4. The molecule has 0 saturated heterocycles. The lowest BCUT2D eigenvalue weighted by Crippen LogP contribution is -2.45. The van der Waals surface area contributed by atoms with Crippen molar-refractivity contribution in [3.05, 3.63) is 85.1 Å². The standard InChI is InChI=1S/C40H67NO3/c1-3-5-7-9-11-12-13-14-15-16-17-18-19-20-21-22-23-24-25-26-27-28-30-32-34-36-40(44)41-38(37-42)39(43)35-33-31-29-10-8-6-4-2/h5,7-8,10-12,14-15,17-18,20-21,33,35,38-39,42-43H,3-4,6,9,13,16,19,22-32,34,36-37H2,1-2H3,(H,41,44)/b7-5-,10-8+,12-11-,15-14-,18-17-,21-20-,35-33+. The monoisotopic (exact) mass is 610 g/mol. The first-order valence-electron chi connectivity index (χ1n) is 17.8. The van der Waals surface area contributed by atoms with Crippen LogP contribution >= 0.6 is 0 Å². The van der Waals surface area contributed by atoms with Gasteiger partial charge in [-0.15, -0.1) is 0 Å². The molecule has 0 aromatic carbocycles. The predicted octanol–water partition coefficient (Wildman–Crippen LogP) is 10.6. The molecule has 2 atom stereocenters. The van der Waals surface area contributed by atoms with Gasteiger partial charge in [0, 0.05) is 6.42 Å². The highest BCUT2D eigenvalue weighted by atomic mass is 16.3. The molecule has 44 heavy (non-hydrogen) atoms. The van der Waals surface area contributed by atoms with Gasteiger partial charge in [-0.2, -0.15) is 0 Å². The number of rotatable bonds is 30. The Hall–Kier alpha value is -2.43. The molecule has 0 aromatic heterocycles. The zero-order valence-electron chi connectivity index (χ0n) is 28.4. The molecule has 0 aliphatic heterocycles. The summed E-state index contributed by atoms with van der Waals surface area (Å²) in [4.78, 5) is 12.2. The number of hydrogen-bond acceptors (Lipinski definition) is 3. The minimum atomic E-state index is -0.865. The van der Waals surface area contributed by atoms with Gasteiger partial charge in [0.1, 0.15) is 0 Å². The van der Waals surface area contributed by atoms with E-state index in [2.05, 4.69) is 92.1 Å². The molecule has 0 saturated carbocycles. The molecule has 0 bridgehead atoms. The van der Waals surface area contributed by atoms with Crippen LogP contribution in [0, 0.1) is 0 Å². The van der Waals surface area contributed by atoms with Gasteiger partial charge in [0.25, 0.3) is 0 Å². The molecule has 1 amide bonds. The largest absolute Gasteiger partial charge is 0.394 e. The van der Waals surface area contributed by atoms with Gasteiger partial charge in [0.05, 0.1) is 18.8 Å². The summed E-state index contributed by atoms with van der Waals surface area (Å²) in [5.41, 5.74) is 0. The summed E-state index contributed by atoms with van der Waals surface area (Å²) in [6.07, 6.45) is 51.1. The van der Waals surface area contributed by atoms with Crippen LogP contribution in [0.2, 0.25) is 0 Å². The van der Waals surface area contributed by atoms with Crippen molar-refractivity contribution in [3.8, 4) is 0 Å². The molecular formula is C40H67NO3. The maximum absolute atomic E-state index is 12.2. The molecule has 0 heterocycles. The Morgan fingerprint density at radius 2 is 1.02 bits per heavy atom. The Morgan fingerprint density at radius 3 is 1.57 bits per heavy atom. The third-order valence-corrected chi connectivity index (χ3v) is 7.34. The number of hydrogen-bond donors (Lipinski definition) is 3. The second-order valence-electron chi connectivity index (χ2n) is 11.5. The minimum absolute atomic E-state index is 0.0912. The average Bonchev–Trinajstić information content (AvgIpc) is 3.03. The number of carbonyl (C=O) groups excluding carboxylic acids is 1. The van der Waals surface area contributed by atoms with Crippen LogP contribution < -0.4 is 5.32 Å². The van der Waals surface area contributed by atoms with Crippen molar-refractivity contribution in [2.45, 2.75) is 154 Å². The number of aliphatic hydroxyl groups is 2. The van der Waals surface area contributed by atoms with Gasteiger partial charge in [-0.3, -0.25) is 4.79 Å². The van der Waals surface area contributed by atoms with Crippen molar-refractivity contribution < 1.29 is 15.0 Å². The normalized spacial score (nSPS) is 14.2. The number of nitrogens with one attached hydrogen (secondary N) is 1. The third kappa shape index (κ3) is 31.0.